The van der Waals surface area contributed by atoms with Crippen LogP contribution in [-0.2, 0) is 23.6 Å². The van der Waals surface area contributed by atoms with E-state index >= 15 is 0 Å². The minimum atomic E-state index is -4.73. The number of ketones is 1. The van der Waals surface area contributed by atoms with Gasteiger partial charge in [-0.1, -0.05) is 36.4 Å². The van der Waals surface area contributed by atoms with Crippen LogP contribution >= 0.6 is 0 Å². The SMILES string of the molecule is Cc1ccccc1CC(=O)C[C@@H](c1ccc(C(F)(F)F)cc1)c1ncccc1C(F)(F)F. The summed E-state index contributed by atoms with van der Waals surface area (Å²) >= 11 is 0. The normalized spacial score (nSPS) is 13.1. The smallest absolute Gasteiger partial charge is 0.299 e. The van der Waals surface area contributed by atoms with Crippen molar-refractivity contribution in [2.75, 3.05) is 0 Å². The van der Waals surface area contributed by atoms with E-state index in [2.05, 4.69) is 4.98 Å². The number of carbonyl (C=O) groups excluding carboxylic acids is 1. The van der Waals surface area contributed by atoms with E-state index in [1.807, 2.05) is 13.0 Å². The Hall–Kier alpha value is -3.16. The first-order chi connectivity index (χ1) is 15.0. The Kier molecular flexibility index (Phi) is 6.71. The Morgan fingerprint density at radius 1 is 0.875 bits per heavy atom. The molecule has 0 fully saturated rings. The molecule has 1 aromatic heterocycles. The first-order valence-electron chi connectivity index (χ1n) is 9.72. The van der Waals surface area contributed by atoms with Crippen LogP contribution in [0.3, 0.4) is 0 Å². The number of hydrogen-bond donors (Lipinski definition) is 0. The van der Waals surface area contributed by atoms with Gasteiger partial charge in [-0.3, -0.25) is 9.78 Å². The molecule has 0 aliphatic carbocycles. The number of rotatable bonds is 6. The van der Waals surface area contributed by atoms with Gasteiger partial charge in [0.2, 0.25) is 0 Å². The second-order valence-corrected chi connectivity index (χ2v) is 7.45. The molecule has 1 heterocycles. The van der Waals surface area contributed by atoms with Crippen LogP contribution in [0.25, 0.3) is 0 Å². The number of aryl methyl sites for hydroxylation is 1. The molecular formula is C24H19F6NO. The molecule has 0 saturated heterocycles. The fraction of sp³-hybridized carbons (Fsp3) is 0.250. The summed E-state index contributed by atoms with van der Waals surface area (Å²) in [4.78, 5) is 16.7. The van der Waals surface area contributed by atoms with Crippen LogP contribution in [-0.4, -0.2) is 10.8 Å². The first kappa shape index (κ1) is 23.5. The van der Waals surface area contributed by atoms with E-state index < -0.39 is 35.1 Å². The lowest BCUT2D eigenvalue weighted by Gasteiger charge is -2.21. The molecule has 3 rings (SSSR count). The predicted molar refractivity (Wildman–Crippen MR) is 107 cm³/mol. The van der Waals surface area contributed by atoms with Gasteiger partial charge in [0.25, 0.3) is 0 Å². The fourth-order valence-electron chi connectivity index (χ4n) is 3.53. The van der Waals surface area contributed by atoms with Gasteiger partial charge >= 0.3 is 12.4 Å². The molecule has 0 aliphatic rings. The number of nitrogens with zero attached hydrogens (tertiary/aromatic N) is 1. The quantitative estimate of drug-likeness (QED) is 0.388. The van der Waals surface area contributed by atoms with Crippen LogP contribution in [0.1, 0.15) is 45.8 Å². The number of carbonyl (C=O) groups is 1. The van der Waals surface area contributed by atoms with Gasteiger partial charge in [0.1, 0.15) is 5.78 Å². The maximum Gasteiger partial charge on any atom is 0.418 e. The van der Waals surface area contributed by atoms with Crippen molar-refractivity contribution < 1.29 is 31.1 Å². The summed E-state index contributed by atoms with van der Waals surface area (Å²) in [6, 6.07) is 12.9. The molecular weight excluding hydrogens is 432 g/mol. The lowest BCUT2D eigenvalue weighted by atomic mass is 9.86. The molecule has 0 unspecified atom stereocenters. The van der Waals surface area contributed by atoms with Gasteiger partial charge in [-0.05, 0) is 47.9 Å². The zero-order valence-corrected chi connectivity index (χ0v) is 17.0. The highest BCUT2D eigenvalue weighted by Crippen LogP contribution is 2.39. The summed E-state index contributed by atoms with van der Waals surface area (Å²) in [5.41, 5.74) is -0.586. The molecule has 0 N–H and O–H groups in total. The highest BCUT2D eigenvalue weighted by atomic mass is 19.4. The Balaban J connectivity index is 2.01. The first-order valence-corrected chi connectivity index (χ1v) is 9.72. The summed E-state index contributed by atoms with van der Waals surface area (Å²) in [7, 11) is 0. The Bertz CT molecular complexity index is 1090. The summed E-state index contributed by atoms with van der Waals surface area (Å²) in [6.07, 6.45) is -8.48. The minimum absolute atomic E-state index is 0.00199. The lowest BCUT2D eigenvalue weighted by Crippen LogP contribution is -2.18. The van der Waals surface area contributed by atoms with Gasteiger partial charge in [-0.2, -0.15) is 26.3 Å². The molecule has 32 heavy (non-hydrogen) atoms. The van der Waals surface area contributed by atoms with E-state index in [1.165, 1.54) is 6.20 Å². The average Bonchev–Trinajstić information content (AvgIpc) is 2.72. The van der Waals surface area contributed by atoms with Gasteiger partial charge in [0.15, 0.2) is 0 Å². The molecule has 0 saturated carbocycles. The van der Waals surface area contributed by atoms with Gasteiger partial charge in [0.05, 0.1) is 16.8 Å². The standard InChI is InChI=1S/C24H19F6NO/c1-15-5-2-3-6-17(15)13-19(32)14-20(16-8-10-18(11-9-16)23(25,26)27)22-21(24(28,29)30)7-4-12-31-22/h2-12,20H,13-14H2,1H3/t20-/m0/s1. The minimum Gasteiger partial charge on any atom is -0.299 e. The molecule has 0 spiro atoms. The Morgan fingerprint density at radius 3 is 2.12 bits per heavy atom. The summed E-state index contributed by atoms with van der Waals surface area (Å²) in [5.74, 6) is -1.49. The van der Waals surface area contributed by atoms with Crippen molar-refractivity contribution in [1.82, 2.24) is 4.98 Å². The number of alkyl halides is 6. The van der Waals surface area contributed by atoms with Crippen molar-refractivity contribution in [1.29, 1.82) is 0 Å². The van der Waals surface area contributed by atoms with Crippen molar-refractivity contribution >= 4 is 5.78 Å². The number of Topliss-reactive ketones (excluding diaryl/α,β-unsaturated/α-hetero) is 1. The lowest BCUT2D eigenvalue weighted by molar-refractivity contribution is -0.139. The van der Waals surface area contributed by atoms with Crippen LogP contribution in [0.2, 0.25) is 0 Å². The molecule has 2 nitrogen and oxygen atoms in total. The van der Waals surface area contributed by atoms with Gasteiger partial charge in [-0.15, -0.1) is 0 Å². The monoisotopic (exact) mass is 451 g/mol. The predicted octanol–water partition coefficient (Wildman–Crippen LogP) is 6.76. The third-order valence-corrected chi connectivity index (χ3v) is 5.20. The van der Waals surface area contributed by atoms with Gasteiger partial charge < -0.3 is 0 Å². The molecule has 1 atom stereocenters. The largest absolute Gasteiger partial charge is 0.418 e. The van der Waals surface area contributed by atoms with E-state index in [0.717, 1.165) is 47.5 Å². The molecule has 168 valence electrons. The molecule has 2 aromatic carbocycles. The van der Waals surface area contributed by atoms with Gasteiger partial charge in [0, 0.05) is 25.0 Å². The van der Waals surface area contributed by atoms with Crippen LogP contribution in [0.4, 0.5) is 26.3 Å². The van der Waals surface area contributed by atoms with Crippen LogP contribution in [0.5, 0.6) is 0 Å². The fourth-order valence-corrected chi connectivity index (χ4v) is 3.53. The van der Waals surface area contributed by atoms with E-state index in [4.69, 9.17) is 0 Å². The molecule has 0 bridgehead atoms. The Morgan fingerprint density at radius 2 is 1.53 bits per heavy atom. The Labute approximate surface area is 180 Å². The molecule has 0 radical (unpaired) electrons. The number of aromatic nitrogens is 1. The topological polar surface area (TPSA) is 30.0 Å². The van der Waals surface area contributed by atoms with Crippen LogP contribution in [0, 0.1) is 6.92 Å². The highest BCUT2D eigenvalue weighted by Gasteiger charge is 2.37. The van der Waals surface area contributed by atoms with Crippen molar-refractivity contribution in [3.63, 3.8) is 0 Å². The molecule has 0 aliphatic heterocycles. The molecule has 3 aromatic rings. The highest BCUT2D eigenvalue weighted by molar-refractivity contribution is 5.82. The summed E-state index contributed by atoms with van der Waals surface area (Å²) < 4.78 is 79.6. The summed E-state index contributed by atoms with van der Waals surface area (Å²) in [6.45, 7) is 1.82. The average molecular weight is 451 g/mol. The van der Waals surface area contributed by atoms with E-state index in [0.29, 0.717) is 0 Å². The van der Waals surface area contributed by atoms with Crippen molar-refractivity contribution in [2.24, 2.45) is 0 Å². The van der Waals surface area contributed by atoms with Crippen molar-refractivity contribution in [3.05, 3.63) is 100 Å². The number of halogens is 6. The van der Waals surface area contributed by atoms with Crippen LogP contribution < -0.4 is 0 Å². The second-order valence-electron chi connectivity index (χ2n) is 7.45. The zero-order chi connectivity index (χ0) is 23.5. The molecule has 8 heteroatoms. The zero-order valence-electron chi connectivity index (χ0n) is 17.0. The van der Waals surface area contributed by atoms with Gasteiger partial charge in [-0.25, -0.2) is 0 Å². The van der Waals surface area contributed by atoms with Crippen molar-refractivity contribution in [2.45, 2.75) is 38.0 Å². The van der Waals surface area contributed by atoms with Crippen LogP contribution in [0.15, 0.2) is 66.9 Å². The number of pyridine rings is 1. The second kappa shape index (κ2) is 9.14. The number of hydrogen-bond acceptors (Lipinski definition) is 2. The maximum atomic E-state index is 13.6. The van der Waals surface area contributed by atoms with Crippen molar-refractivity contribution in [3.8, 4) is 0 Å². The summed E-state index contributed by atoms with van der Waals surface area (Å²) in [5, 5.41) is 0. The number of benzene rings is 2. The van der Waals surface area contributed by atoms with E-state index in [9.17, 15) is 31.1 Å². The third kappa shape index (κ3) is 5.55. The molecule has 0 amide bonds. The van der Waals surface area contributed by atoms with E-state index in [1.54, 1.807) is 18.2 Å². The maximum absolute atomic E-state index is 13.6. The third-order valence-electron chi connectivity index (χ3n) is 5.20. The van der Waals surface area contributed by atoms with E-state index in [-0.39, 0.29) is 24.2 Å².